The Balaban J connectivity index is 1.36. The molecular formula is C30H46N4O3S. The number of rotatable bonds is 13. The number of hydrogen-bond donors (Lipinski definition) is 1. The van der Waals surface area contributed by atoms with Crippen LogP contribution in [0.3, 0.4) is 0 Å². The van der Waals surface area contributed by atoms with Crippen LogP contribution in [-0.4, -0.2) is 97.4 Å². The number of aliphatic hydroxyl groups excluding tert-OH is 1. The lowest BCUT2D eigenvalue weighted by molar-refractivity contribution is 0.0805. The SMILES string of the molecule is CSc1ccc(C2CCOC2)c(CCN(C)CC2C[C@H](c3ccc(C(C)C)nc3CN(C)CCO)CO2)n1. The van der Waals surface area contributed by atoms with Gasteiger partial charge in [-0.1, -0.05) is 26.0 Å². The number of ether oxygens (including phenoxy) is 2. The highest BCUT2D eigenvalue weighted by molar-refractivity contribution is 7.98. The van der Waals surface area contributed by atoms with Crippen molar-refractivity contribution < 1.29 is 14.6 Å². The van der Waals surface area contributed by atoms with Gasteiger partial charge in [-0.05, 0) is 62.4 Å². The summed E-state index contributed by atoms with van der Waals surface area (Å²) in [6, 6.07) is 8.86. The van der Waals surface area contributed by atoms with Crippen LogP contribution in [-0.2, 0) is 22.4 Å². The zero-order valence-corrected chi connectivity index (χ0v) is 24.7. The average Bonchev–Trinajstić information content (AvgIpc) is 3.60. The lowest BCUT2D eigenvalue weighted by Gasteiger charge is -2.22. The van der Waals surface area contributed by atoms with Crippen LogP contribution in [0.15, 0.2) is 29.3 Å². The molecule has 2 aromatic heterocycles. The number of aromatic nitrogens is 2. The summed E-state index contributed by atoms with van der Waals surface area (Å²) in [5.41, 5.74) is 6.13. The van der Waals surface area contributed by atoms with Gasteiger partial charge in [-0.25, -0.2) is 4.98 Å². The van der Waals surface area contributed by atoms with E-state index in [4.69, 9.17) is 19.4 Å². The van der Waals surface area contributed by atoms with Crippen molar-refractivity contribution in [3.63, 3.8) is 0 Å². The van der Waals surface area contributed by atoms with Crippen LogP contribution < -0.4 is 0 Å². The van der Waals surface area contributed by atoms with Gasteiger partial charge in [0.05, 0.1) is 36.6 Å². The van der Waals surface area contributed by atoms with Crippen molar-refractivity contribution in [1.29, 1.82) is 0 Å². The van der Waals surface area contributed by atoms with Crippen molar-refractivity contribution in [3.05, 3.63) is 52.5 Å². The molecule has 0 radical (unpaired) electrons. The summed E-state index contributed by atoms with van der Waals surface area (Å²) in [4.78, 5) is 14.6. The van der Waals surface area contributed by atoms with Crippen LogP contribution in [0.4, 0.5) is 0 Å². The number of pyridine rings is 2. The largest absolute Gasteiger partial charge is 0.395 e. The van der Waals surface area contributed by atoms with Crippen LogP contribution >= 0.6 is 11.8 Å². The number of aliphatic hydroxyl groups is 1. The molecule has 0 spiro atoms. The van der Waals surface area contributed by atoms with E-state index in [0.29, 0.717) is 24.3 Å². The predicted molar refractivity (Wildman–Crippen MR) is 154 cm³/mol. The Morgan fingerprint density at radius 1 is 1.00 bits per heavy atom. The normalized spacial score (nSPS) is 21.9. The summed E-state index contributed by atoms with van der Waals surface area (Å²) in [6.45, 7) is 10.2. The van der Waals surface area contributed by atoms with Crippen molar-refractivity contribution >= 4 is 11.8 Å². The molecule has 0 bridgehead atoms. The van der Waals surface area contributed by atoms with Gasteiger partial charge in [0.25, 0.3) is 0 Å². The Morgan fingerprint density at radius 3 is 2.50 bits per heavy atom. The van der Waals surface area contributed by atoms with E-state index in [1.165, 1.54) is 16.8 Å². The summed E-state index contributed by atoms with van der Waals surface area (Å²) in [5, 5.41) is 10.5. The summed E-state index contributed by atoms with van der Waals surface area (Å²) in [6.07, 6.45) is 5.34. The van der Waals surface area contributed by atoms with Gasteiger partial charge in [-0.15, -0.1) is 11.8 Å². The maximum absolute atomic E-state index is 9.37. The fraction of sp³-hybridized carbons (Fsp3) is 0.667. The minimum absolute atomic E-state index is 0.156. The van der Waals surface area contributed by atoms with E-state index < -0.39 is 0 Å². The Kier molecular flexibility index (Phi) is 11.0. The van der Waals surface area contributed by atoms with Gasteiger partial charge < -0.3 is 19.5 Å². The number of hydrogen-bond acceptors (Lipinski definition) is 8. The van der Waals surface area contributed by atoms with Gasteiger partial charge >= 0.3 is 0 Å². The predicted octanol–water partition coefficient (Wildman–Crippen LogP) is 4.30. The Morgan fingerprint density at radius 2 is 1.79 bits per heavy atom. The summed E-state index contributed by atoms with van der Waals surface area (Å²) >= 11 is 1.71. The summed E-state index contributed by atoms with van der Waals surface area (Å²) in [5.74, 6) is 1.22. The molecule has 1 N–H and O–H groups in total. The highest BCUT2D eigenvalue weighted by Gasteiger charge is 2.30. The first kappa shape index (κ1) is 29.4. The zero-order chi connectivity index (χ0) is 27.1. The van der Waals surface area contributed by atoms with E-state index in [9.17, 15) is 5.11 Å². The van der Waals surface area contributed by atoms with Crippen LogP contribution in [0.2, 0.25) is 0 Å². The molecule has 0 amide bonds. The van der Waals surface area contributed by atoms with Gasteiger partial charge in [0.15, 0.2) is 0 Å². The molecule has 3 atom stereocenters. The first-order valence-corrected chi connectivity index (χ1v) is 15.3. The molecule has 0 aliphatic carbocycles. The third-order valence-corrected chi connectivity index (χ3v) is 8.50. The van der Waals surface area contributed by atoms with Gasteiger partial charge in [0, 0.05) is 62.4 Å². The molecule has 2 saturated heterocycles. The molecule has 2 aliphatic rings. The Hall–Kier alpha value is -1.55. The van der Waals surface area contributed by atoms with Gasteiger partial charge in [0.2, 0.25) is 0 Å². The highest BCUT2D eigenvalue weighted by atomic mass is 32.2. The first-order chi connectivity index (χ1) is 18.4. The van der Waals surface area contributed by atoms with Crippen molar-refractivity contribution in [2.75, 3.05) is 66.4 Å². The second kappa shape index (κ2) is 14.2. The molecule has 2 unspecified atom stereocenters. The number of likely N-dealkylation sites (N-methyl/N-ethyl adjacent to an activating group) is 2. The van der Waals surface area contributed by atoms with E-state index in [-0.39, 0.29) is 12.7 Å². The van der Waals surface area contributed by atoms with Crippen molar-refractivity contribution in [2.45, 2.75) is 68.5 Å². The zero-order valence-electron chi connectivity index (χ0n) is 23.9. The van der Waals surface area contributed by atoms with E-state index >= 15 is 0 Å². The molecule has 2 aliphatic heterocycles. The van der Waals surface area contributed by atoms with Gasteiger partial charge in [-0.3, -0.25) is 9.88 Å². The molecule has 4 rings (SSSR count). The van der Waals surface area contributed by atoms with E-state index in [2.05, 4.69) is 61.2 Å². The van der Waals surface area contributed by atoms with Crippen molar-refractivity contribution in [3.8, 4) is 0 Å². The number of thioether (sulfide) groups is 1. The molecule has 210 valence electrons. The Labute approximate surface area is 233 Å². The van der Waals surface area contributed by atoms with E-state index in [0.717, 1.165) is 75.1 Å². The standard InChI is InChI=1S/C30H46N4O3S/c1-21(2)27-8-6-26(29(31-27)18-34(4)13-14-35)23-16-24(37-20-23)17-33(3)12-10-28-25(22-11-15-36-19-22)7-9-30(32-28)38-5/h6-9,21-24,35H,10-20H2,1-5H3/t22?,23-,24?/m0/s1. The number of nitrogens with zero attached hydrogens (tertiary/aromatic N) is 4. The molecule has 8 heteroatoms. The lowest BCUT2D eigenvalue weighted by atomic mass is 9.93. The Bertz CT molecular complexity index is 1030. The fourth-order valence-electron chi connectivity index (χ4n) is 5.60. The van der Waals surface area contributed by atoms with Crippen LogP contribution in [0, 0.1) is 0 Å². The van der Waals surface area contributed by atoms with Crippen molar-refractivity contribution in [1.82, 2.24) is 19.8 Å². The third kappa shape index (κ3) is 7.77. The minimum atomic E-state index is 0.156. The van der Waals surface area contributed by atoms with Gasteiger partial charge in [0.1, 0.15) is 0 Å². The van der Waals surface area contributed by atoms with Crippen LogP contribution in [0.25, 0.3) is 0 Å². The molecule has 0 saturated carbocycles. The molecule has 7 nitrogen and oxygen atoms in total. The molecule has 4 heterocycles. The third-order valence-electron chi connectivity index (χ3n) is 7.85. The van der Waals surface area contributed by atoms with E-state index in [1.54, 1.807) is 11.8 Å². The molecular weight excluding hydrogens is 496 g/mol. The fourth-order valence-corrected chi connectivity index (χ4v) is 6.00. The molecule has 0 aromatic carbocycles. The maximum atomic E-state index is 9.37. The molecule has 2 fully saturated rings. The first-order valence-electron chi connectivity index (χ1n) is 14.1. The smallest absolute Gasteiger partial charge is 0.0960 e. The molecule has 2 aromatic rings. The second-order valence-corrected chi connectivity index (χ2v) is 12.1. The highest BCUT2D eigenvalue weighted by Crippen LogP contribution is 2.33. The van der Waals surface area contributed by atoms with Crippen LogP contribution in [0.5, 0.6) is 0 Å². The second-order valence-electron chi connectivity index (χ2n) is 11.2. The summed E-state index contributed by atoms with van der Waals surface area (Å²) < 4.78 is 12.0. The van der Waals surface area contributed by atoms with E-state index in [1.807, 2.05) is 7.05 Å². The minimum Gasteiger partial charge on any atom is -0.395 e. The monoisotopic (exact) mass is 542 g/mol. The summed E-state index contributed by atoms with van der Waals surface area (Å²) in [7, 11) is 4.24. The molecule has 38 heavy (non-hydrogen) atoms. The topological polar surface area (TPSA) is 71.0 Å². The quantitative estimate of drug-likeness (QED) is 0.376. The maximum Gasteiger partial charge on any atom is 0.0960 e. The average molecular weight is 543 g/mol. The van der Waals surface area contributed by atoms with Crippen molar-refractivity contribution in [2.24, 2.45) is 0 Å². The lowest BCUT2D eigenvalue weighted by Crippen LogP contribution is -2.31. The van der Waals surface area contributed by atoms with Gasteiger partial charge in [-0.2, -0.15) is 0 Å². The van der Waals surface area contributed by atoms with Crippen LogP contribution in [0.1, 0.15) is 72.7 Å².